The lowest BCUT2D eigenvalue weighted by Crippen LogP contribution is -2.62. The highest BCUT2D eigenvalue weighted by Gasteiger charge is 2.52. The first-order chi connectivity index (χ1) is 8.20. The minimum atomic E-state index is -3.28. The minimum absolute atomic E-state index is 0.494. The second-order valence-corrected chi connectivity index (χ2v) is 7.50. The first kappa shape index (κ1) is 15.4. The van der Waals surface area contributed by atoms with Gasteiger partial charge in [0.05, 0.1) is 5.25 Å². The van der Waals surface area contributed by atoms with Gasteiger partial charge in [0.25, 0.3) is 0 Å². The molecule has 2 unspecified atom stereocenters. The monoisotopic (exact) mass is 277 g/mol. The summed E-state index contributed by atoms with van der Waals surface area (Å²) in [6.45, 7) is 1.27. The van der Waals surface area contributed by atoms with Gasteiger partial charge in [0.15, 0.2) is 9.84 Å². The molecule has 1 aliphatic carbocycles. The Balaban J connectivity index is 2.89. The summed E-state index contributed by atoms with van der Waals surface area (Å²) in [6.07, 6.45) is 2.87. The van der Waals surface area contributed by atoms with E-state index in [9.17, 15) is 13.2 Å². The lowest BCUT2D eigenvalue weighted by atomic mass is 9.96. The molecule has 6 nitrogen and oxygen atoms in total. The quantitative estimate of drug-likeness (QED) is 0.647. The summed E-state index contributed by atoms with van der Waals surface area (Å²) in [6, 6.07) is 0. The van der Waals surface area contributed by atoms with E-state index in [2.05, 4.69) is 5.32 Å². The molecule has 0 spiro atoms. The van der Waals surface area contributed by atoms with Crippen molar-refractivity contribution in [1.29, 1.82) is 0 Å². The lowest BCUT2D eigenvalue weighted by molar-refractivity contribution is -0.124. The van der Waals surface area contributed by atoms with Gasteiger partial charge >= 0.3 is 0 Å². The highest BCUT2D eigenvalue weighted by atomic mass is 32.2. The van der Waals surface area contributed by atoms with Crippen LogP contribution in [0.4, 0.5) is 0 Å². The highest BCUT2D eigenvalue weighted by Crippen LogP contribution is 2.34. The zero-order valence-corrected chi connectivity index (χ0v) is 12.1. The Morgan fingerprint density at radius 3 is 2.56 bits per heavy atom. The van der Waals surface area contributed by atoms with Crippen LogP contribution in [0.3, 0.4) is 0 Å². The number of rotatable bonds is 6. The summed E-state index contributed by atoms with van der Waals surface area (Å²) < 4.78 is 23.6. The Labute approximate surface area is 109 Å². The van der Waals surface area contributed by atoms with Crippen LogP contribution in [0.2, 0.25) is 0 Å². The second-order valence-electron chi connectivity index (χ2n) is 5.28. The summed E-state index contributed by atoms with van der Waals surface area (Å²) in [5.74, 6) is -0.561. The molecule has 0 aromatic rings. The number of hydrogen-bond acceptors (Lipinski definition) is 5. The summed E-state index contributed by atoms with van der Waals surface area (Å²) >= 11 is 0. The average Bonchev–Trinajstić information content (AvgIpc) is 2.61. The molecule has 0 aromatic heterocycles. The Kier molecular flexibility index (Phi) is 4.74. The molecule has 0 radical (unpaired) electrons. The molecule has 1 aliphatic rings. The van der Waals surface area contributed by atoms with E-state index in [0.29, 0.717) is 25.8 Å². The number of primary amides is 1. The van der Waals surface area contributed by atoms with Gasteiger partial charge in [0, 0.05) is 19.3 Å². The van der Waals surface area contributed by atoms with Crippen molar-refractivity contribution in [2.75, 3.05) is 33.4 Å². The van der Waals surface area contributed by atoms with Gasteiger partial charge in [0.2, 0.25) is 5.91 Å². The molecule has 3 N–H and O–H groups in total. The molecule has 18 heavy (non-hydrogen) atoms. The average molecular weight is 277 g/mol. The van der Waals surface area contributed by atoms with Crippen LogP contribution >= 0.6 is 0 Å². The molecule has 7 heteroatoms. The van der Waals surface area contributed by atoms with Crippen LogP contribution in [0.1, 0.15) is 19.3 Å². The number of nitrogens with two attached hydrogens (primary N) is 1. The van der Waals surface area contributed by atoms with Crippen molar-refractivity contribution in [3.8, 4) is 0 Å². The number of sulfone groups is 1. The van der Waals surface area contributed by atoms with Crippen molar-refractivity contribution < 1.29 is 13.2 Å². The van der Waals surface area contributed by atoms with Gasteiger partial charge in [-0.05, 0) is 33.4 Å². The number of amides is 1. The van der Waals surface area contributed by atoms with Crippen molar-refractivity contribution >= 4 is 15.7 Å². The summed E-state index contributed by atoms with van der Waals surface area (Å²) in [7, 11) is 0.553. The van der Waals surface area contributed by atoms with E-state index >= 15 is 0 Å². The number of hydrogen-bond donors (Lipinski definition) is 2. The Hall–Kier alpha value is -0.660. The maximum absolute atomic E-state index is 11.8. The number of carbonyl (C=O) groups is 1. The molecule has 106 valence electrons. The Morgan fingerprint density at radius 2 is 2.11 bits per heavy atom. The zero-order chi connectivity index (χ0) is 14.0. The van der Waals surface area contributed by atoms with E-state index in [1.54, 1.807) is 0 Å². The molecule has 0 heterocycles. The van der Waals surface area contributed by atoms with E-state index in [1.807, 2.05) is 19.0 Å². The van der Waals surface area contributed by atoms with Crippen LogP contribution in [0.5, 0.6) is 0 Å². The highest BCUT2D eigenvalue weighted by molar-refractivity contribution is 7.91. The molecule has 1 fully saturated rings. The van der Waals surface area contributed by atoms with E-state index in [4.69, 9.17) is 5.73 Å². The maximum Gasteiger partial charge on any atom is 0.239 e. The van der Waals surface area contributed by atoms with Gasteiger partial charge in [-0.2, -0.15) is 0 Å². The number of nitrogens with one attached hydrogen (secondary N) is 1. The maximum atomic E-state index is 11.8. The first-order valence-corrected chi connectivity index (χ1v) is 8.04. The van der Waals surface area contributed by atoms with Gasteiger partial charge in [0.1, 0.15) is 5.54 Å². The molecule has 1 saturated carbocycles. The molecule has 0 saturated heterocycles. The summed E-state index contributed by atoms with van der Waals surface area (Å²) in [4.78, 5) is 13.7. The molecule has 1 amide bonds. The van der Waals surface area contributed by atoms with Crippen molar-refractivity contribution in [3.63, 3.8) is 0 Å². The predicted molar refractivity (Wildman–Crippen MR) is 71.0 cm³/mol. The third kappa shape index (κ3) is 3.21. The fourth-order valence-corrected chi connectivity index (χ4v) is 4.27. The van der Waals surface area contributed by atoms with Crippen molar-refractivity contribution in [3.05, 3.63) is 0 Å². The number of nitrogens with zero attached hydrogens (tertiary/aromatic N) is 1. The van der Waals surface area contributed by atoms with Crippen LogP contribution in [0, 0.1) is 0 Å². The normalized spacial score (nSPS) is 28.8. The fraction of sp³-hybridized carbons (Fsp3) is 0.909. The zero-order valence-electron chi connectivity index (χ0n) is 11.3. The standard InChI is InChI=1S/C11H23N3O3S/c1-14(2)8-7-13-11(10(12)15)6-4-5-9(11)18(3,16)17/h9,13H,4-8H2,1-3H3,(H2,12,15). The Bertz CT molecular complexity index is 408. The van der Waals surface area contributed by atoms with Crippen molar-refractivity contribution in [2.24, 2.45) is 5.73 Å². The smallest absolute Gasteiger partial charge is 0.239 e. The molecule has 2 atom stereocenters. The minimum Gasteiger partial charge on any atom is -0.368 e. The van der Waals surface area contributed by atoms with Crippen molar-refractivity contribution in [1.82, 2.24) is 10.2 Å². The third-order valence-electron chi connectivity index (χ3n) is 3.54. The molecular weight excluding hydrogens is 254 g/mol. The molecule has 1 rings (SSSR count). The lowest BCUT2D eigenvalue weighted by Gasteiger charge is -2.33. The molecule has 0 aromatic carbocycles. The van der Waals surface area contributed by atoms with Gasteiger partial charge in [-0.25, -0.2) is 8.42 Å². The van der Waals surface area contributed by atoms with E-state index in [0.717, 1.165) is 6.54 Å². The van der Waals surface area contributed by atoms with E-state index < -0.39 is 26.5 Å². The molecule has 0 aliphatic heterocycles. The predicted octanol–water partition coefficient (Wildman–Crippen LogP) is -1.04. The van der Waals surface area contributed by atoms with Gasteiger partial charge < -0.3 is 16.0 Å². The van der Waals surface area contributed by atoms with Crippen LogP contribution < -0.4 is 11.1 Å². The van der Waals surface area contributed by atoms with E-state index in [1.165, 1.54) is 6.26 Å². The van der Waals surface area contributed by atoms with E-state index in [-0.39, 0.29) is 0 Å². The third-order valence-corrected chi connectivity index (χ3v) is 5.21. The van der Waals surface area contributed by atoms with Gasteiger partial charge in [-0.15, -0.1) is 0 Å². The SMILES string of the molecule is CN(C)CCNC1(C(N)=O)CCCC1S(C)(=O)=O. The van der Waals surface area contributed by atoms with Gasteiger partial charge in [-0.3, -0.25) is 4.79 Å². The van der Waals surface area contributed by atoms with Crippen LogP contribution in [0.25, 0.3) is 0 Å². The Morgan fingerprint density at radius 1 is 1.50 bits per heavy atom. The summed E-state index contributed by atoms with van der Waals surface area (Å²) in [5.41, 5.74) is 4.36. The topological polar surface area (TPSA) is 92.5 Å². The largest absolute Gasteiger partial charge is 0.368 e. The van der Waals surface area contributed by atoms with Crippen LogP contribution in [0.15, 0.2) is 0 Å². The van der Waals surface area contributed by atoms with Crippen LogP contribution in [-0.2, 0) is 14.6 Å². The molecular formula is C11H23N3O3S. The first-order valence-electron chi connectivity index (χ1n) is 6.08. The molecule has 0 bridgehead atoms. The number of likely N-dealkylation sites (N-methyl/N-ethyl adjacent to an activating group) is 1. The summed E-state index contributed by atoms with van der Waals surface area (Å²) in [5, 5.41) is 2.38. The van der Waals surface area contributed by atoms with Gasteiger partial charge in [-0.1, -0.05) is 0 Å². The number of carbonyl (C=O) groups excluding carboxylic acids is 1. The van der Waals surface area contributed by atoms with Crippen molar-refractivity contribution in [2.45, 2.75) is 30.1 Å². The van der Waals surface area contributed by atoms with Crippen LogP contribution in [-0.4, -0.2) is 63.5 Å². The second kappa shape index (κ2) is 5.54. The fourth-order valence-electron chi connectivity index (χ4n) is 2.63.